The third kappa shape index (κ3) is 3.02. The van der Waals surface area contributed by atoms with Crippen molar-refractivity contribution in [2.45, 2.75) is 39.2 Å². The van der Waals surface area contributed by atoms with Gasteiger partial charge in [-0.2, -0.15) is 0 Å². The summed E-state index contributed by atoms with van der Waals surface area (Å²) in [6, 6.07) is 5.64. The fourth-order valence-electron chi connectivity index (χ4n) is 3.77. The maximum absolute atomic E-state index is 13.0. The van der Waals surface area contributed by atoms with Crippen molar-refractivity contribution in [1.82, 2.24) is 14.5 Å². The number of carbonyl (C=O) groups excluding carboxylic acids is 1. The first-order valence-corrected chi connectivity index (χ1v) is 10.9. The van der Waals surface area contributed by atoms with Gasteiger partial charge in [-0.25, -0.2) is 9.97 Å². The number of nitrogens with zero attached hydrogens (tertiary/aromatic N) is 3. The number of thiazole rings is 1. The van der Waals surface area contributed by atoms with Gasteiger partial charge in [0.2, 0.25) is 5.91 Å². The van der Waals surface area contributed by atoms with Crippen molar-refractivity contribution in [2.24, 2.45) is 0 Å². The number of nitrogens with one attached hydrogen (secondary N) is 1. The molecule has 1 aromatic carbocycles. The minimum Gasteiger partial charge on any atom is -0.324 e. The average molecular weight is 411 g/mol. The van der Waals surface area contributed by atoms with Crippen LogP contribution in [0.25, 0.3) is 20.4 Å². The Morgan fingerprint density at radius 3 is 3.00 bits per heavy atom. The van der Waals surface area contributed by atoms with Crippen LogP contribution in [-0.4, -0.2) is 20.4 Å². The minimum atomic E-state index is -0.243. The molecule has 1 amide bonds. The number of carbonyl (C=O) groups is 1. The Morgan fingerprint density at radius 2 is 2.11 bits per heavy atom. The molecule has 1 aliphatic carbocycles. The summed E-state index contributed by atoms with van der Waals surface area (Å²) in [6.45, 7) is 1.91. The van der Waals surface area contributed by atoms with Crippen molar-refractivity contribution in [3.63, 3.8) is 0 Å². The van der Waals surface area contributed by atoms with Crippen LogP contribution in [0.4, 0.5) is 5.69 Å². The van der Waals surface area contributed by atoms with Crippen molar-refractivity contribution in [3.05, 3.63) is 50.3 Å². The monoisotopic (exact) mass is 410 g/mol. The van der Waals surface area contributed by atoms with E-state index in [9.17, 15) is 9.59 Å². The summed E-state index contributed by atoms with van der Waals surface area (Å²) < 4.78 is 2.44. The molecule has 0 spiro atoms. The van der Waals surface area contributed by atoms with E-state index >= 15 is 0 Å². The van der Waals surface area contributed by atoms with Crippen LogP contribution < -0.4 is 10.9 Å². The van der Waals surface area contributed by atoms with Gasteiger partial charge in [-0.05, 0) is 56.4 Å². The summed E-state index contributed by atoms with van der Waals surface area (Å²) in [5.41, 5.74) is 2.65. The number of hydrogen-bond donors (Lipinski definition) is 1. The van der Waals surface area contributed by atoms with Crippen molar-refractivity contribution in [1.29, 1.82) is 0 Å². The Labute approximate surface area is 168 Å². The zero-order valence-corrected chi connectivity index (χ0v) is 17.0. The molecular formula is C20H18N4O2S2. The lowest BCUT2D eigenvalue weighted by molar-refractivity contribution is -0.116. The Morgan fingerprint density at radius 1 is 1.25 bits per heavy atom. The fourth-order valence-corrected chi connectivity index (χ4v) is 5.85. The molecule has 0 saturated carbocycles. The Kier molecular flexibility index (Phi) is 4.25. The van der Waals surface area contributed by atoms with Crippen LogP contribution >= 0.6 is 22.7 Å². The number of hydrogen-bond acceptors (Lipinski definition) is 6. The second-order valence-electron chi connectivity index (χ2n) is 7.03. The quantitative estimate of drug-likeness (QED) is 0.556. The molecule has 142 valence electrons. The van der Waals surface area contributed by atoms with E-state index in [-0.39, 0.29) is 18.0 Å². The van der Waals surface area contributed by atoms with Gasteiger partial charge in [-0.1, -0.05) is 0 Å². The maximum Gasteiger partial charge on any atom is 0.262 e. The number of rotatable bonds is 3. The number of aromatic nitrogens is 3. The highest BCUT2D eigenvalue weighted by atomic mass is 32.1. The summed E-state index contributed by atoms with van der Waals surface area (Å²) in [7, 11) is 0. The number of benzene rings is 1. The minimum absolute atomic E-state index is 0.0495. The molecule has 1 aliphatic rings. The molecule has 1 N–H and O–H groups in total. The molecule has 6 nitrogen and oxygen atoms in total. The van der Waals surface area contributed by atoms with Gasteiger partial charge in [0.15, 0.2) is 0 Å². The van der Waals surface area contributed by atoms with Gasteiger partial charge < -0.3 is 5.32 Å². The third-order valence-electron chi connectivity index (χ3n) is 5.03. The first-order valence-electron chi connectivity index (χ1n) is 9.25. The van der Waals surface area contributed by atoms with Crippen molar-refractivity contribution >= 4 is 54.7 Å². The van der Waals surface area contributed by atoms with Crippen LogP contribution in [0.2, 0.25) is 0 Å². The van der Waals surface area contributed by atoms with Crippen LogP contribution in [-0.2, 0) is 24.2 Å². The largest absolute Gasteiger partial charge is 0.324 e. The van der Waals surface area contributed by atoms with Gasteiger partial charge in [-0.3, -0.25) is 14.2 Å². The van der Waals surface area contributed by atoms with Crippen molar-refractivity contribution < 1.29 is 4.79 Å². The van der Waals surface area contributed by atoms with Crippen LogP contribution in [0.15, 0.2) is 29.3 Å². The summed E-state index contributed by atoms with van der Waals surface area (Å²) in [4.78, 5) is 36.4. The first kappa shape index (κ1) is 17.5. The molecule has 28 heavy (non-hydrogen) atoms. The van der Waals surface area contributed by atoms with Crippen molar-refractivity contribution in [2.75, 3.05) is 5.32 Å². The number of anilines is 1. The lowest BCUT2D eigenvalue weighted by Gasteiger charge is -2.10. The van der Waals surface area contributed by atoms with E-state index in [4.69, 9.17) is 0 Å². The van der Waals surface area contributed by atoms with Gasteiger partial charge in [0.1, 0.15) is 11.4 Å². The van der Waals surface area contributed by atoms with Gasteiger partial charge >= 0.3 is 0 Å². The van der Waals surface area contributed by atoms with Crippen LogP contribution in [0.1, 0.15) is 28.3 Å². The zero-order valence-electron chi connectivity index (χ0n) is 15.3. The molecule has 0 unspecified atom stereocenters. The lowest BCUT2D eigenvalue weighted by atomic mass is 9.97. The van der Waals surface area contributed by atoms with Crippen LogP contribution in [0.5, 0.6) is 0 Å². The highest BCUT2D eigenvalue weighted by Gasteiger charge is 2.20. The molecule has 0 atom stereocenters. The fraction of sp³-hybridized carbons (Fsp3) is 0.300. The topological polar surface area (TPSA) is 76.9 Å². The zero-order chi connectivity index (χ0) is 19.3. The standard InChI is InChI=1S/C20H18N4O2S2/c1-11-22-14-7-6-12(8-16(14)27-11)23-17(25)9-24-10-21-19-18(20(24)26)13-4-2-3-5-15(13)28-19/h6-8,10H,2-5,9H2,1H3,(H,23,25). The molecule has 0 radical (unpaired) electrons. The van der Waals surface area contributed by atoms with E-state index in [1.165, 1.54) is 22.2 Å². The smallest absolute Gasteiger partial charge is 0.262 e. The summed E-state index contributed by atoms with van der Waals surface area (Å²) in [5.74, 6) is -0.243. The Bertz CT molecular complexity index is 1280. The molecule has 3 heterocycles. The second kappa shape index (κ2) is 6.79. The van der Waals surface area contributed by atoms with Gasteiger partial charge in [-0.15, -0.1) is 22.7 Å². The van der Waals surface area contributed by atoms with E-state index < -0.39 is 0 Å². The number of amides is 1. The van der Waals surface area contributed by atoms with E-state index in [0.29, 0.717) is 11.1 Å². The molecule has 4 aromatic rings. The molecule has 3 aromatic heterocycles. The van der Waals surface area contributed by atoms with E-state index in [2.05, 4.69) is 15.3 Å². The molecular weight excluding hydrogens is 392 g/mol. The summed E-state index contributed by atoms with van der Waals surface area (Å²) in [6.07, 6.45) is 5.71. The number of fused-ring (bicyclic) bond motifs is 4. The van der Waals surface area contributed by atoms with Gasteiger partial charge in [0, 0.05) is 10.6 Å². The predicted octanol–water partition coefficient (Wildman–Crippen LogP) is 3.89. The molecule has 0 fully saturated rings. The van der Waals surface area contributed by atoms with E-state index in [1.54, 1.807) is 22.7 Å². The normalized spacial score (nSPS) is 13.8. The number of thiophene rings is 1. The highest BCUT2D eigenvalue weighted by molar-refractivity contribution is 7.19. The predicted molar refractivity (Wildman–Crippen MR) is 114 cm³/mol. The van der Waals surface area contributed by atoms with E-state index in [1.807, 2.05) is 25.1 Å². The lowest BCUT2D eigenvalue weighted by Crippen LogP contribution is -2.28. The summed E-state index contributed by atoms with van der Waals surface area (Å²) in [5, 5.41) is 4.57. The van der Waals surface area contributed by atoms with E-state index in [0.717, 1.165) is 44.9 Å². The molecule has 0 aliphatic heterocycles. The Hall–Kier alpha value is -2.58. The third-order valence-corrected chi connectivity index (χ3v) is 7.17. The maximum atomic E-state index is 13.0. The first-order chi connectivity index (χ1) is 13.6. The molecule has 0 bridgehead atoms. The number of aryl methyl sites for hydroxylation is 3. The molecule has 5 rings (SSSR count). The highest BCUT2D eigenvalue weighted by Crippen LogP contribution is 2.33. The van der Waals surface area contributed by atoms with Crippen molar-refractivity contribution in [3.8, 4) is 0 Å². The Balaban J connectivity index is 1.41. The SMILES string of the molecule is Cc1nc2ccc(NC(=O)Cn3cnc4sc5c(c4c3=O)CCCC5)cc2s1. The van der Waals surface area contributed by atoms with Crippen LogP contribution in [0.3, 0.4) is 0 Å². The second-order valence-corrected chi connectivity index (χ2v) is 9.35. The average Bonchev–Trinajstić information content (AvgIpc) is 3.23. The van der Waals surface area contributed by atoms with Crippen LogP contribution in [0, 0.1) is 6.92 Å². The summed E-state index contributed by atoms with van der Waals surface area (Å²) >= 11 is 3.21. The molecule has 0 saturated heterocycles. The van der Waals surface area contributed by atoms with Gasteiger partial charge in [0.25, 0.3) is 5.56 Å². The van der Waals surface area contributed by atoms with Gasteiger partial charge in [0.05, 0.1) is 26.9 Å². The molecule has 8 heteroatoms.